The molecule has 0 aliphatic carbocycles. The van der Waals surface area contributed by atoms with E-state index in [-0.39, 0.29) is 24.5 Å². The van der Waals surface area contributed by atoms with Crippen LogP contribution in [0.15, 0.2) is 40.9 Å². The topological polar surface area (TPSA) is 58.6 Å². The summed E-state index contributed by atoms with van der Waals surface area (Å²) in [4.78, 5) is 27.5. The Morgan fingerprint density at radius 2 is 1.74 bits per heavy atom. The number of halogens is 1. The van der Waals surface area contributed by atoms with Crippen LogP contribution in [0.3, 0.4) is 0 Å². The predicted octanol–water partition coefficient (Wildman–Crippen LogP) is 5.09. The third-order valence-electron chi connectivity index (χ3n) is 5.38. The van der Waals surface area contributed by atoms with E-state index in [1.807, 2.05) is 71.0 Å². The van der Waals surface area contributed by atoms with Gasteiger partial charge in [0.15, 0.2) is 6.61 Å². The second-order valence-electron chi connectivity index (χ2n) is 8.16. The smallest absolute Gasteiger partial charge is 0.261 e. The molecule has 5 nitrogen and oxygen atoms in total. The first-order chi connectivity index (χ1) is 14.6. The third kappa shape index (κ3) is 7.10. The van der Waals surface area contributed by atoms with E-state index in [0.717, 1.165) is 33.1 Å². The summed E-state index contributed by atoms with van der Waals surface area (Å²) >= 11 is 3.54. The van der Waals surface area contributed by atoms with Crippen LogP contribution < -0.4 is 10.1 Å². The summed E-state index contributed by atoms with van der Waals surface area (Å²) in [6, 6.07) is 11.2. The number of ether oxygens (including phenoxy) is 1. The van der Waals surface area contributed by atoms with Gasteiger partial charge in [0.25, 0.3) is 5.91 Å². The summed E-state index contributed by atoms with van der Waals surface area (Å²) in [7, 11) is 0. The molecule has 0 fully saturated rings. The van der Waals surface area contributed by atoms with Gasteiger partial charge in [0, 0.05) is 17.1 Å². The monoisotopic (exact) mass is 488 g/mol. The Bertz CT molecular complexity index is 906. The second-order valence-corrected chi connectivity index (χ2v) is 8.96. The Labute approximate surface area is 194 Å². The van der Waals surface area contributed by atoms with Crippen LogP contribution in [0.5, 0.6) is 5.75 Å². The predicted molar refractivity (Wildman–Crippen MR) is 128 cm³/mol. The summed E-state index contributed by atoms with van der Waals surface area (Å²) in [6.07, 6.45) is 0.829. The van der Waals surface area contributed by atoms with E-state index in [0.29, 0.717) is 12.3 Å². The van der Waals surface area contributed by atoms with Crippen molar-refractivity contribution in [2.24, 2.45) is 0 Å². The molecule has 0 saturated heterocycles. The van der Waals surface area contributed by atoms with Crippen LogP contribution in [0.4, 0.5) is 0 Å². The van der Waals surface area contributed by atoms with Crippen molar-refractivity contribution < 1.29 is 14.3 Å². The van der Waals surface area contributed by atoms with Crippen molar-refractivity contribution in [1.82, 2.24) is 10.2 Å². The highest BCUT2D eigenvalue weighted by Gasteiger charge is 2.27. The second kappa shape index (κ2) is 11.3. The molecule has 0 heterocycles. The van der Waals surface area contributed by atoms with Gasteiger partial charge in [0.2, 0.25) is 5.91 Å². The molecule has 168 valence electrons. The van der Waals surface area contributed by atoms with E-state index in [4.69, 9.17) is 4.74 Å². The first-order valence-corrected chi connectivity index (χ1v) is 11.5. The minimum atomic E-state index is -0.612. The standard InChI is InChI=1S/C25H33BrN2O3/c1-7-19(5)27-25(30)20(6)28(14-21-10-8-9-16(2)11-21)23(29)15-31-22-12-17(3)24(26)18(4)13-22/h8-13,19-20H,7,14-15H2,1-6H3,(H,27,30)/t19-,20-/m0/s1. The zero-order chi connectivity index (χ0) is 23.1. The number of nitrogens with one attached hydrogen (secondary N) is 1. The molecule has 0 spiro atoms. The van der Waals surface area contributed by atoms with Gasteiger partial charge in [-0.05, 0) is 69.9 Å². The quantitative estimate of drug-likeness (QED) is 0.534. The van der Waals surface area contributed by atoms with Crippen molar-refractivity contribution in [2.45, 2.75) is 66.6 Å². The van der Waals surface area contributed by atoms with E-state index in [2.05, 4.69) is 21.2 Å². The van der Waals surface area contributed by atoms with E-state index < -0.39 is 6.04 Å². The highest BCUT2D eigenvalue weighted by molar-refractivity contribution is 9.10. The zero-order valence-electron chi connectivity index (χ0n) is 19.3. The molecule has 6 heteroatoms. The molecule has 0 bridgehead atoms. The van der Waals surface area contributed by atoms with Crippen molar-refractivity contribution >= 4 is 27.7 Å². The molecule has 2 atom stereocenters. The largest absolute Gasteiger partial charge is 0.484 e. The lowest BCUT2D eigenvalue weighted by Crippen LogP contribution is -2.50. The van der Waals surface area contributed by atoms with Crippen molar-refractivity contribution in [3.8, 4) is 5.75 Å². The molecule has 0 radical (unpaired) electrons. The number of amides is 2. The summed E-state index contributed by atoms with van der Waals surface area (Å²) in [6.45, 7) is 11.9. The van der Waals surface area contributed by atoms with Crippen molar-refractivity contribution in [2.75, 3.05) is 6.61 Å². The molecule has 0 unspecified atom stereocenters. The lowest BCUT2D eigenvalue weighted by atomic mass is 10.1. The number of nitrogens with zero attached hydrogens (tertiary/aromatic N) is 1. The van der Waals surface area contributed by atoms with Crippen LogP contribution in [-0.2, 0) is 16.1 Å². The summed E-state index contributed by atoms with van der Waals surface area (Å²) in [5, 5.41) is 2.98. The fourth-order valence-electron chi connectivity index (χ4n) is 3.27. The number of carbonyl (C=O) groups is 2. The van der Waals surface area contributed by atoms with Gasteiger partial charge < -0.3 is 15.0 Å². The number of hydrogen-bond acceptors (Lipinski definition) is 3. The lowest BCUT2D eigenvalue weighted by molar-refractivity contribution is -0.142. The molecule has 0 aromatic heterocycles. The molecular weight excluding hydrogens is 456 g/mol. The number of carbonyl (C=O) groups excluding carboxylic acids is 2. The van der Waals surface area contributed by atoms with E-state index >= 15 is 0 Å². The molecule has 2 aromatic carbocycles. The molecule has 2 aromatic rings. The van der Waals surface area contributed by atoms with Crippen LogP contribution in [0, 0.1) is 20.8 Å². The normalized spacial score (nSPS) is 12.7. The Hall–Kier alpha value is -2.34. The van der Waals surface area contributed by atoms with Gasteiger partial charge in [-0.2, -0.15) is 0 Å². The Morgan fingerprint density at radius 1 is 1.10 bits per heavy atom. The SMILES string of the molecule is CC[C@H](C)NC(=O)[C@H](C)N(Cc1cccc(C)c1)C(=O)COc1cc(C)c(Br)c(C)c1. The highest BCUT2D eigenvalue weighted by atomic mass is 79.9. The fraction of sp³-hybridized carbons (Fsp3) is 0.440. The van der Waals surface area contributed by atoms with E-state index in [9.17, 15) is 9.59 Å². The minimum absolute atomic E-state index is 0.0517. The molecule has 1 N–H and O–H groups in total. The van der Waals surface area contributed by atoms with Crippen LogP contribution in [0.1, 0.15) is 49.4 Å². The van der Waals surface area contributed by atoms with Crippen LogP contribution in [0.2, 0.25) is 0 Å². The number of aryl methyl sites for hydroxylation is 3. The maximum absolute atomic E-state index is 13.2. The Morgan fingerprint density at radius 3 is 2.32 bits per heavy atom. The van der Waals surface area contributed by atoms with E-state index in [1.165, 1.54) is 0 Å². The minimum Gasteiger partial charge on any atom is -0.484 e. The molecule has 0 aliphatic rings. The van der Waals surface area contributed by atoms with Crippen LogP contribution in [0.25, 0.3) is 0 Å². The molecule has 2 rings (SSSR count). The maximum Gasteiger partial charge on any atom is 0.261 e. The lowest BCUT2D eigenvalue weighted by Gasteiger charge is -2.29. The van der Waals surface area contributed by atoms with Gasteiger partial charge in [-0.1, -0.05) is 52.7 Å². The van der Waals surface area contributed by atoms with Gasteiger partial charge >= 0.3 is 0 Å². The maximum atomic E-state index is 13.2. The molecular formula is C25H33BrN2O3. The average Bonchev–Trinajstić information content (AvgIpc) is 2.73. The van der Waals surface area contributed by atoms with Gasteiger partial charge in [0.05, 0.1) is 0 Å². The first-order valence-electron chi connectivity index (χ1n) is 10.7. The van der Waals surface area contributed by atoms with E-state index in [1.54, 1.807) is 11.8 Å². The number of rotatable bonds is 9. The summed E-state index contributed by atoms with van der Waals surface area (Å²) in [5.41, 5.74) is 4.17. The third-order valence-corrected chi connectivity index (χ3v) is 6.63. The van der Waals surface area contributed by atoms with Crippen molar-refractivity contribution in [3.05, 3.63) is 63.1 Å². The molecule has 31 heavy (non-hydrogen) atoms. The highest BCUT2D eigenvalue weighted by Crippen LogP contribution is 2.26. The zero-order valence-corrected chi connectivity index (χ0v) is 20.9. The van der Waals surface area contributed by atoms with Crippen molar-refractivity contribution in [3.63, 3.8) is 0 Å². The molecule has 0 aliphatic heterocycles. The summed E-state index contributed by atoms with van der Waals surface area (Å²) in [5.74, 6) is 0.246. The van der Waals surface area contributed by atoms with Gasteiger partial charge in [-0.15, -0.1) is 0 Å². The van der Waals surface area contributed by atoms with Crippen molar-refractivity contribution in [1.29, 1.82) is 0 Å². The Balaban J connectivity index is 2.19. The molecule has 0 saturated carbocycles. The van der Waals surface area contributed by atoms with Gasteiger partial charge in [-0.3, -0.25) is 9.59 Å². The van der Waals surface area contributed by atoms with Gasteiger partial charge in [0.1, 0.15) is 11.8 Å². The fourth-order valence-corrected chi connectivity index (χ4v) is 3.50. The summed E-state index contributed by atoms with van der Waals surface area (Å²) < 4.78 is 6.85. The number of benzene rings is 2. The Kier molecular flexibility index (Phi) is 9.11. The number of hydrogen-bond donors (Lipinski definition) is 1. The van der Waals surface area contributed by atoms with Crippen LogP contribution in [-0.4, -0.2) is 35.4 Å². The van der Waals surface area contributed by atoms with Gasteiger partial charge in [-0.25, -0.2) is 0 Å². The first kappa shape index (κ1) is 24.9. The molecule has 2 amide bonds. The van der Waals surface area contributed by atoms with Crippen LogP contribution >= 0.6 is 15.9 Å². The average molecular weight is 489 g/mol.